The molecule has 20 heavy (non-hydrogen) atoms. The first kappa shape index (κ1) is 12.7. The van der Waals surface area contributed by atoms with Crippen molar-refractivity contribution in [3.63, 3.8) is 0 Å². The number of rotatable bonds is 2. The summed E-state index contributed by atoms with van der Waals surface area (Å²) >= 11 is 0. The van der Waals surface area contributed by atoms with Gasteiger partial charge in [0.15, 0.2) is 0 Å². The summed E-state index contributed by atoms with van der Waals surface area (Å²) in [5, 5.41) is 4.42. The Labute approximate surface area is 117 Å². The van der Waals surface area contributed by atoms with Crippen molar-refractivity contribution < 1.29 is 9.13 Å². The molecule has 0 unspecified atom stereocenters. The first-order valence-corrected chi connectivity index (χ1v) is 6.54. The number of halogens is 1. The molecule has 2 aromatic rings. The molecule has 0 radical (unpaired) electrons. The smallest absolute Gasteiger partial charge is 0.131 e. The number of aryl methyl sites for hydroxylation is 1. The molecule has 1 aliphatic heterocycles. The highest BCUT2D eigenvalue weighted by atomic mass is 19.1. The molecule has 3 rings (SSSR count). The Morgan fingerprint density at radius 3 is 2.75 bits per heavy atom. The summed E-state index contributed by atoms with van der Waals surface area (Å²) in [6.07, 6.45) is 0.706. The van der Waals surface area contributed by atoms with Gasteiger partial charge in [-0.1, -0.05) is 17.7 Å². The highest BCUT2D eigenvalue weighted by molar-refractivity contribution is 6.04. The minimum absolute atomic E-state index is 0.295. The summed E-state index contributed by atoms with van der Waals surface area (Å²) in [5.41, 5.74) is 6.89. The molecule has 3 nitrogen and oxygen atoms in total. The Kier molecular flexibility index (Phi) is 3.37. The van der Waals surface area contributed by atoms with E-state index in [-0.39, 0.29) is 5.82 Å². The molecular weight excluding hydrogens is 255 g/mol. The standard InChI is InChI=1S/C16H15FN2O/c1-11-2-5-13(6-3-11)18-19-15-8-9-20-16-10-12(17)4-7-14(15)16/h2-7,10,18H,8-9H2,1H3. The van der Waals surface area contributed by atoms with Gasteiger partial charge < -0.3 is 4.74 Å². The van der Waals surface area contributed by atoms with Crippen molar-refractivity contribution in [1.29, 1.82) is 0 Å². The topological polar surface area (TPSA) is 33.6 Å². The van der Waals surface area contributed by atoms with E-state index in [1.807, 2.05) is 31.2 Å². The van der Waals surface area contributed by atoms with Gasteiger partial charge in [0.05, 0.1) is 18.0 Å². The fraction of sp³-hybridized carbons (Fsp3) is 0.188. The van der Waals surface area contributed by atoms with E-state index in [1.54, 1.807) is 6.07 Å². The van der Waals surface area contributed by atoms with Crippen molar-refractivity contribution in [1.82, 2.24) is 0 Å². The maximum Gasteiger partial charge on any atom is 0.131 e. The molecule has 102 valence electrons. The molecule has 0 saturated carbocycles. The lowest BCUT2D eigenvalue weighted by molar-refractivity contribution is 0.318. The average Bonchev–Trinajstić information content (AvgIpc) is 2.46. The third-order valence-corrected chi connectivity index (χ3v) is 3.22. The summed E-state index contributed by atoms with van der Waals surface area (Å²) in [6, 6.07) is 12.5. The predicted octanol–water partition coefficient (Wildman–Crippen LogP) is 3.73. The van der Waals surface area contributed by atoms with Gasteiger partial charge in [-0.2, -0.15) is 5.10 Å². The second-order valence-corrected chi connectivity index (χ2v) is 4.78. The van der Waals surface area contributed by atoms with Gasteiger partial charge in [-0.15, -0.1) is 0 Å². The predicted molar refractivity (Wildman–Crippen MR) is 77.9 cm³/mol. The summed E-state index contributed by atoms with van der Waals surface area (Å²) in [6.45, 7) is 2.56. The maximum absolute atomic E-state index is 13.2. The first-order valence-electron chi connectivity index (χ1n) is 6.54. The van der Waals surface area contributed by atoms with Crippen LogP contribution in [0.25, 0.3) is 0 Å². The number of hydrogen-bond donors (Lipinski definition) is 1. The SMILES string of the molecule is Cc1ccc(NN=C2CCOc3cc(F)ccc32)cc1. The Bertz CT molecular complexity index is 650. The molecule has 2 aromatic carbocycles. The van der Waals surface area contributed by atoms with Crippen LogP contribution in [0.15, 0.2) is 47.6 Å². The van der Waals surface area contributed by atoms with Crippen LogP contribution >= 0.6 is 0 Å². The quantitative estimate of drug-likeness (QED) is 0.843. The van der Waals surface area contributed by atoms with Gasteiger partial charge in [-0.3, -0.25) is 5.43 Å². The van der Waals surface area contributed by atoms with E-state index >= 15 is 0 Å². The lowest BCUT2D eigenvalue weighted by Crippen LogP contribution is -2.17. The van der Waals surface area contributed by atoms with Crippen LogP contribution in [-0.4, -0.2) is 12.3 Å². The largest absolute Gasteiger partial charge is 0.492 e. The van der Waals surface area contributed by atoms with Gasteiger partial charge in [0, 0.05) is 18.1 Å². The van der Waals surface area contributed by atoms with Crippen LogP contribution in [0, 0.1) is 12.7 Å². The van der Waals surface area contributed by atoms with Crippen molar-refractivity contribution >= 4 is 11.4 Å². The lowest BCUT2D eigenvalue weighted by Gasteiger charge is -2.19. The number of hydrazone groups is 1. The third kappa shape index (κ3) is 2.64. The van der Waals surface area contributed by atoms with Gasteiger partial charge in [0.2, 0.25) is 0 Å². The van der Waals surface area contributed by atoms with E-state index in [1.165, 1.54) is 17.7 Å². The minimum Gasteiger partial charge on any atom is -0.492 e. The molecule has 1 heterocycles. The zero-order valence-electron chi connectivity index (χ0n) is 11.2. The number of anilines is 1. The normalized spacial score (nSPS) is 15.6. The van der Waals surface area contributed by atoms with Gasteiger partial charge in [0.25, 0.3) is 0 Å². The van der Waals surface area contributed by atoms with Crippen LogP contribution in [0.5, 0.6) is 5.75 Å². The van der Waals surface area contributed by atoms with Crippen molar-refractivity contribution in [2.75, 3.05) is 12.0 Å². The van der Waals surface area contributed by atoms with Gasteiger partial charge in [-0.05, 0) is 31.2 Å². The number of hydrogen-bond acceptors (Lipinski definition) is 3. The van der Waals surface area contributed by atoms with Crippen LogP contribution in [0.2, 0.25) is 0 Å². The number of fused-ring (bicyclic) bond motifs is 1. The molecule has 1 N–H and O–H groups in total. The fourth-order valence-corrected chi connectivity index (χ4v) is 2.12. The van der Waals surface area contributed by atoms with Crippen LogP contribution in [0.4, 0.5) is 10.1 Å². The van der Waals surface area contributed by atoms with Crippen molar-refractivity contribution in [3.8, 4) is 5.75 Å². The van der Waals surface area contributed by atoms with Gasteiger partial charge >= 0.3 is 0 Å². The fourth-order valence-electron chi connectivity index (χ4n) is 2.12. The van der Waals surface area contributed by atoms with Crippen molar-refractivity contribution in [3.05, 3.63) is 59.4 Å². The molecule has 0 aromatic heterocycles. The zero-order chi connectivity index (χ0) is 13.9. The van der Waals surface area contributed by atoms with E-state index in [2.05, 4.69) is 10.5 Å². The minimum atomic E-state index is -0.295. The lowest BCUT2D eigenvalue weighted by atomic mass is 10.0. The second-order valence-electron chi connectivity index (χ2n) is 4.78. The zero-order valence-corrected chi connectivity index (χ0v) is 11.2. The Morgan fingerprint density at radius 2 is 1.95 bits per heavy atom. The van der Waals surface area contributed by atoms with Gasteiger partial charge in [-0.25, -0.2) is 4.39 Å². The van der Waals surface area contributed by atoms with E-state index in [0.29, 0.717) is 18.8 Å². The Morgan fingerprint density at radius 1 is 1.15 bits per heavy atom. The summed E-state index contributed by atoms with van der Waals surface area (Å²) in [4.78, 5) is 0. The molecule has 0 spiro atoms. The van der Waals surface area contributed by atoms with Crippen LogP contribution < -0.4 is 10.2 Å². The number of ether oxygens (including phenoxy) is 1. The molecule has 1 aliphatic rings. The third-order valence-electron chi connectivity index (χ3n) is 3.22. The molecule has 0 bridgehead atoms. The second kappa shape index (κ2) is 5.33. The monoisotopic (exact) mass is 270 g/mol. The van der Waals surface area contributed by atoms with Crippen molar-refractivity contribution in [2.24, 2.45) is 5.10 Å². The molecule has 0 fully saturated rings. The summed E-state index contributed by atoms with van der Waals surface area (Å²) in [7, 11) is 0. The van der Waals surface area contributed by atoms with Crippen LogP contribution in [0.1, 0.15) is 17.5 Å². The van der Waals surface area contributed by atoms with Crippen LogP contribution in [-0.2, 0) is 0 Å². The maximum atomic E-state index is 13.2. The van der Waals surface area contributed by atoms with Crippen molar-refractivity contribution in [2.45, 2.75) is 13.3 Å². The Hall–Kier alpha value is -2.36. The molecule has 0 atom stereocenters. The number of nitrogens with one attached hydrogen (secondary N) is 1. The first-order chi connectivity index (χ1) is 9.72. The number of benzene rings is 2. The van der Waals surface area contributed by atoms with E-state index in [4.69, 9.17) is 4.74 Å². The highest BCUT2D eigenvalue weighted by Crippen LogP contribution is 2.26. The average molecular weight is 270 g/mol. The van der Waals surface area contributed by atoms with E-state index in [9.17, 15) is 4.39 Å². The molecule has 0 saturated heterocycles. The van der Waals surface area contributed by atoms with E-state index < -0.39 is 0 Å². The highest BCUT2D eigenvalue weighted by Gasteiger charge is 2.17. The van der Waals surface area contributed by atoms with Crippen LogP contribution in [0.3, 0.4) is 0 Å². The molecular formula is C16H15FN2O. The summed E-state index contributed by atoms with van der Waals surface area (Å²) < 4.78 is 18.6. The number of nitrogens with zero attached hydrogens (tertiary/aromatic N) is 1. The van der Waals surface area contributed by atoms with Gasteiger partial charge in [0.1, 0.15) is 11.6 Å². The van der Waals surface area contributed by atoms with E-state index in [0.717, 1.165) is 17.0 Å². The summed E-state index contributed by atoms with van der Waals surface area (Å²) in [5.74, 6) is 0.261. The molecule has 0 amide bonds. The Balaban J connectivity index is 1.84. The molecule has 4 heteroatoms. The molecule has 0 aliphatic carbocycles.